The number of ether oxygens (including phenoxy) is 2. The van der Waals surface area contributed by atoms with Gasteiger partial charge in [-0.05, 0) is 25.7 Å². The average Bonchev–Trinajstić information content (AvgIpc) is 2.36. The van der Waals surface area contributed by atoms with Gasteiger partial charge in [0.05, 0.1) is 0 Å². The van der Waals surface area contributed by atoms with Gasteiger partial charge in [-0.25, -0.2) is 0 Å². The summed E-state index contributed by atoms with van der Waals surface area (Å²) < 4.78 is 10.3. The van der Waals surface area contributed by atoms with Crippen molar-refractivity contribution < 1.29 is 9.47 Å². The quantitative estimate of drug-likeness (QED) is 0.285. The van der Waals surface area contributed by atoms with Crippen molar-refractivity contribution in [2.45, 2.75) is 57.7 Å². The first-order valence-corrected chi connectivity index (χ1v) is 6.68. The summed E-state index contributed by atoms with van der Waals surface area (Å²) in [6.07, 6.45) is 16.0. The van der Waals surface area contributed by atoms with E-state index in [0.717, 1.165) is 6.42 Å². The van der Waals surface area contributed by atoms with Crippen LogP contribution in [0.1, 0.15) is 51.4 Å². The van der Waals surface area contributed by atoms with Gasteiger partial charge in [-0.15, -0.1) is 0 Å². The average molecular weight is 240 g/mol. The molecule has 17 heavy (non-hydrogen) atoms. The zero-order chi connectivity index (χ0) is 12.8. The van der Waals surface area contributed by atoms with Gasteiger partial charge in [0.25, 0.3) is 0 Å². The van der Waals surface area contributed by atoms with Crippen molar-refractivity contribution in [1.82, 2.24) is 0 Å². The van der Waals surface area contributed by atoms with Gasteiger partial charge in [0.15, 0.2) is 6.29 Å². The molecule has 0 heterocycles. The van der Waals surface area contributed by atoms with Crippen LogP contribution in [0.25, 0.3) is 0 Å². The van der Waals surface area contributed by atoms with E-state index in [1.54, 1.807) is 14.2 Å². The maximum absolute atomic E-state index is 5.14. The third-order valence-electron chi connectivity index (χ3n) is 2.86. The van der Waals surface area contributed by atoms with Gasteiger partial charge in [0.1, 0.15) is 0 Å². The molecule has 0 saturated heterocycles. The summed E-state index contributed by atoms with van der Waals surface area (Å²) in [5, 5.41) is 0. The van der Waals surface area contributed by atoms with Crippen molar-refractivity contribution in [3.8, 4) is 0 Å². The van der Waals surface area contributed by atoms with Crippen molar-refractivity contribution in [1.29, 1.82) is 0 Å². The summed E-state index contributed by atoms with van der Waals surface area (Å²) in [7, 11) is 3.40. The molecule has 0 aliphatic carbocycles. The highest BCUT2D eigenvalue weighted by Crippen LogP contribution is 2.11. The van der Waals surface area contributed by atoms with Crippen LogP contribution < -0.4 is 0 Å². The molecule has 0 radical (unpaired) electrons. The molecule has 2 nitrogen and oxygen atoms in total. The lowest BCUT2D eigenvalue weighted by Gasteiger charge is -2.12. The Kier molecular flexibility index (Phi) is 13.0. The van der Waals surface area contributed by atoms with Crippen LogP contribution in [0.2, 0.25) is 0 Å². The molecule has 0 amide bonds. The SMILES string of the molecule is C=C/C=C/CCCCCCCCC(OC)OC. The second kappa shape index (κ2) is 13.5. The normalized spacial score (nSPS) is 11.5. The van der Waals surface area contributed by atoms with E-state index in [1.807, 2.05) is 12.2 Å². The Morgan fingerprint density at radius 2 is 1.53 bits per heavy atom. The molecule has 0 N–H and O–H groups in total. The van der Waals surface area contributed by atoms with E-state index in [2.05, 4.69) is 12.7 Å². The third-order valence-corrected chi connectivity index (χ3v) is 2.86. The summed E-state index contributed by atoms with van der Waals surface area (Å²) in [4.78, 5) is 0. The molecule has 0 atom stereocenters. The minimum absolute atomic E-state index is 0.0148. The molecule has 0 aromatic rings. The summed E-state index contributed by atoms with van der Waals surface area (Å²) >= 11 is 0. The molecule has 0 spiro atoms. The molecule has 0 fully saturated rings. The smallest absolute Gasteiger partial charge is 0.156 e. The molecule has 100 valence electrons. The van der Waals surface area contributed by atoms with Crippen LogP contribution in [0, 0.1) is 0 Å². The maximum Gasteiger partial charge on any atom is 0.156 e. The van der Waals surface area contributed by atoms with E-state index in [-0.39, 0.29) is 6.29 Å². The van der Waals surface area contributed by atoms with E-state index < -0.39 is 0 Å². The van der Waals surface area contributed by atoms with Gasteiger partial charge in [0, 0.05) is 14.2 Å². The molecule has 0 aromatic heterocycles. The largest absolute Gasteiger partial charge is 0.356 e. The summed E-state index contributed by atoms with van der Waals surface area (Å²) in [5.41, 5.74) is 0. The lowest BCUT2D eigenvalue weighted by Crippen LogP contribution is -2.12. The first kappa shape index (κ1) is 16.4. The highest BCUT2D eigenvalue weighted by Gasteiger charge is 2.03. The second-order valence-electron chi connectivity index (χ2n) is 4.26. The Morgan fingerprint density at radius 1 is 0.941 bits per heavy atom. The number of unbranched alkanes of at least 4 members (excludes halogenated alkanes) is 6. The molecule has 0 rings (SSSR count). The van der Waals surface area contributed by atoms with Gasteiger partial charge in [-0.3, -0.25) is 0 Å². The Balaban J connectivity index is 3.13. The van der Waals surface area contributed by atoms with Crippen molar-refractivity contribution >= 4 is 0 Å². The van der Waals surface area contributed by atoms with Gasteiger partial charge in [0.2, 0.25) is 0 Å². The molecule has 2 heteroatoms. The zero-order valence-electron chi connectivity index (χ0n) is 11.5. The molecule has 0 saturated carbocycles. The van der Waals surface area contributed by atoms with Crippen LogP contribution in [-0.4, -0.2) is 20.5 Å². The molecule has 0 bridgehead atoms. The Bertz CT molecular complexity index is 183. The Morgan fingerprint density at radius 3 is 2.12 bits per heavy atom. The first-order chi connectivity index (χ1) is 8.35. The Hall–Kier alpha value is -0.600. The van der Waals surface area contributed by atoms with Crippen LogP contribution in [-0.2, 0) is 9.47 Å². The number of allylic oxidation sites excluding steroid dienone is 3. The van der Waals surface area contributed by atoms with E-state index in [1.165, 1.54) is 44.9 Å². The maximum atomic E-state index is 5.14. The van der Waals surface area contributed by atoms with Crippen LogP contribution in [0.15, 0.2) is 24.8 Å². The fourth-order valence-corrected chi connectivity index (χ4v) is 1.80. The van der Waals surface area contributed by atoms with Crippen LogP contribution in [0.4, 0.5) is 0 Å². The monoisotopic (exact) mass is 240 g/mol. The van der Waals surface area contributed by atoms with Crippen molar-refractivity contribution in [2.75, 3.05) is 14.2 Å². The molecular weight excluding hydrogens is 212 g/mol. The van der Waals surface area contributed by atoms with E-state index in [9.17, 15) is 0 Å². The molecular formula is C15H28O2. The van der Waals surface area contributed by atoms with E-state index >= 15 is 0 Å². The predicted octanol–water partition coefficient (Wildman–Crippen LogP) is 4.47. The van der Waals surface area contributed by atoms with E-state index in [0.29, 0.717) is 0 Å². The number of methoxy groups -OCH3 is 2. The second-order valence-corrected chi connectivity index (χ2v) is 4.26. The van der Waals surface area contributed by atoms with Gasteiger partial charge < -0.3 is 9.47 Å². The highest BCUT2D eigenvalue weighted by atomic mass is 16.7. The molecule has 0 aromatic carbocycles. The topological polar surface area (TPSA) is 18.5 Å². The van der Waals surface area contributed by atoms with Crippen molar-refractivity contribution in [3.63, 3.8) is 0 Å². The van der Waals surface area contributed by atoms with Gasteiger partial charge >= 0.3 is 0 Å². The zero-order valence-corrected chi connectivity index (χ0v) is 11.5. The van der Waals surface area contributed by atoms with Crippen LogP contribution in [0.5, 0.6) is 0 Å². The van der Waals surface area contributed by atoms with Crippen molar-refractivity contribution in [3.05, 3.63) is 24.8 Å². The van der Waals surface area contributed by atoms with Crippen LogP contribution in [0.3, 0.4) is 0 Å². The minimum atomic E-state index is -0.0148. The summed E-state index contributed by atoms with van der Waals surface area (Å²) in [5.74, 6) is 0. The number of hydrogen-bond donors (Lipinski definition) is 0. The van der Waals surface area contributed by atoms with Gasteiger partial charge in [-0.2, -0.15) is 0 Å². The lowest BCUT2D eigenvalue weighted by molar-refractivity contribution is -0.107. The number of hydrogen-bond acceptors (Lipinski definition) is 2. The number of rotatable bonds is 12. The fourth-order valence-electron chi connectivity index (χ4n) is 1.80. The predicted molar refractivity (Wildman–Crippen MR) is 74.1 cm³/mol. The van der Waals surface area contributed by atoms with Gasteiger partial charge in [-0.1, -0.05) is 50.5 Å². The molecule has 0 aliphatic heterocycles. The molecule has 0 aliphatic rings. The minimum Gasteiger partial charge on any atom is -0.356 e. The highest BCUT2D eigenvalue weighted by molar-refractivity contribution is 4.96. The first-order valence-electron chi connectivity index (χ1n) is 6.68. The Labute approximate surface area is 107 Å². The standard InChI is InChI=1S/C15H28O2/c1-4-5-6-7-8-9-10-11-12-13-14-15(16-2)17-3/h4-6,15H,1,7-14H2,2-3H3/b6-5+. The van der Waals surface area contributed by atoms with Crippen molar-refractivity contribution in [2.24, 2.45) is 0 Å². The fraction of sp³-hybridized carbons (Fsp3) is 0.733. The van der Waals surface area contributed by atoms with E-state index in [4.69, 9.17) is 9.47 Å². The summed E-state index contributed by atoms with van der Waals surface area (Å²) in [6, 6.07) is 0. The third kappa shape index (κ3) is 11.7. The summed E-state index contributed by atoms with van der Waals surface area (Å²) in [6.45, 7) is 3.65. The van der Waals surface area contributed by atoms with Crippen LogP contribution >= 0.6 is 0 Å². The lowest BCUT2D eigenvalue weighted by atomic mass is 10.1. The molecule has 0 unspecified atom stereocenters.